The van der Waals surface area contributed by atoms with Gasteiger partial charge in [-0.05, 0) is 36.9 Å². The average molecular weight is 300 g/mol. The Morgan fingerprint density at radius 3 is 2.83 bits per heavy atom. The van der Waals surface area contributed by atoms with Gasteiger partial charge in [0.05, 0.1) is 4.08 Å². The minimum atomic E-state index is 0.169. The van der Waals surface area contributed by atoms with E-state index in [9.17, 15) is 4.79 Å². The molecular weight excluding hydrogens is 284 g/mol. The topological polar surface area (TPSA) is 33.2 Å². The minimum absolute atomic E-state index is 0.169. The zero-order valence-electron chi connectivity index (χ0n) is 10.1. The molecule has 0 aliphatic carbocycles. The van der Waals surface area contributed by atoms with Gasteiger partial charge in [-0.25, -0.2) is 4.37 Å². The standard InChI is InChI=1S/C12H16N2OS3/c15-11(10-2-5-13-18-10)14-6-1-3-12(4-7-14)16-8-9-17-12/h2,5H,1,3-4,6-9H2. The number of hydrogen-bond donors (Lipinski definition) is 0. The van der Waals surface area contributed by atoms with Crippen LogP contribution in [0.5, 0.6) is 0 Å². The van der Waals surface area contributed by atoms with E-state index in [1.54, 1.807) is 6.20 Å². The molecule has 0 aromatic carbocycles. The predicted molar refractivity (Wildman–Crippen MR) is 79.5 cm³/mol. The number of amides is 1. The lowest BCUT2D eigenvalue weighted by atomic mass is 10.2. The molecule has 0 unspecified atom stereocenters. The van der Waals surface area contributed by atoms with Gasteiger partial charge in [-0.1, -0.05) is 0 Å². The Morgan fingerprint density at radius 1 is 1.28 bits per heavy atom. The van der Waals surface area contributed by atoms with Gasteiger partial charge in [0.25, 0.3) is 5.91 Å². The minimum Gasteiger partial charge on any atom is -0.338 e. The Labute approximate surface area is 120 Å². The fourth-order valence-electron chi connectivity index (χ4n) is 2.55. The van der Waals surface area contributed by atoms with Crippen LogP contribution in [-0.4, -0.2) is 43.9 Å². The molecule has 2 aliphatic rings. The number of carbonyl (C=O) groups excluding carboxylic acids is 1. The van der Waals surface area contributed by atoms with Crippen molar-refractivity contribution >= 4 is 41.0 Å². The van der Waals surface area contributed by atoms with Crippen LogP contribution in [0.25, 0.3) is 0 Å². The molecule has 0 atom stereocenters. The monoisotopic (exact) mass is 300 g/mol. The van der Waals surface area contributed by atoms with Gasteiger partial charge < -0.3 is 4.90 Å². The van der Waals surface area contributed by atoms with E-state index in [-0.39, 0.29) is 5.91 Å². The summed E-state index contributed by atoms with van der Waals surface area (Å²) in [6.07, 6.45) is 5.21. The van der Waals surface area contributed by atoms with E-state index in [0.29, 0.717) is 4.08 Å². The molecule has 2 aliphatic heterocycles. The van der Waals surface area contributed by atoms with E-state index in [1.165, 1.54) is 29.5 Å². The normalized spacial score (nSPS) is 23.2. The zero-order chi connectivity index (χ0) is 12.4. The first-order valence-electron chi connectivity index (χ1n) is 6.27. The van der Waals surface area contributed by atoms with Crippen molar-refractivity contribution in [1.29, 1.82) is 0 Å². The van der Waals surface area contributed by atoms with E-state index in [0.717, 1.165) is 30.8 Å². The zero-order valence-corrected chi connectivity index (χ0v) is 12.6. The molecule has 6 heteroatoms. The Bertz CT molecular complexity index is 415. The summed E-state index contributed by atoms with van der Waals surface area (Å²) in [5.41, 5.74) is 0. The molecule has 1 aromatic heterocycles. The van der Waals surface area contributed by atoms with Crippen LogP contribution in [0.3, 0.4) is 0 Å². The van der Waals surface area contributed by atoms with Crippen molar-refractivity contribution in [3.63, 3.8) is 0 Å². The second-order valence-corrected chi connectivity index (χ2v) is 8.68. The van der Waals surface area contributed by atoms with Gasteiger partial charge in [0, 0.05) is 30.8 Å². The summed E-state index contributed by atoms with van der Waals surface area (Å²) in [6.45, 7) is 1.80. The molecule has 3 nitrogen and oxygen atoms in total. The first kappa shape index (κ1) is 12.8. The quantitative estimate of drug-likeness (QED) is 0.798. The van der Waals surface area contributed by atoms with Gasteiger partial charge in [-0.2, -0.15) is 0 Å². The molecule has 18 heavy (non-hydrogen) atoms. The SMILES string of the molecule is O=C(c1ccns1)N1CCCC2(CC1)SCCS2. The number of likely N-dealkylation sites (tertiary alicyclic amines) is 1. The summed E-state index contributed by atoms with van der Waals surface area (Å²) >= 11 is 5.51. The third-order valence-electron chi connectivity index (χ3n) is 3.50. The average Bonchev–Trinajstić information content (AvgIpc) is 2.99. The first-order chi connectivity index (χ1) is 8.79. The van der Waals surface area contributed by atoms with Gasteiger partial charge in [-0.15, -0.1) is 23.5 Å². The molecule has 1 spiro atoms. The largest absolute Gasteiger partial charge is 0.338 e. The number of hydrogen-bond acceptors (Lipinski definition) is 5. The smallest absolute Gasteiger partial charge is 0.265 e. The summed E-state index contributed by atoms with van der Waals surface area (Å²) in [5.74, 6) is 2.71. The van der Waals surface area contributed by atoms with Crippen molar-refractivity contribution < 1.29 is 4.79 Å². The van der Waals surface area contributed by atoms with Crippen LogP contribution in [-0.2, 0) is 0 Å². The fourth-order valence-corrected chi connectivity index (χ4v) is 6.41. The van der Waals surface area contributed by atoms with Crippen molar-refractivity contribution in [3.8, 4) is 0 Å². The van der Waals surface area contributed by atoms with Crippen LogP contribution in [0.1, 0.15) is 28.9 Å². The molecule has 2 fully saturated rings. The van der Waals surface area contributed by atoms with Crippen molar-refractivity contribution in [2.24, 2.45) is 0 Å². The second-order valence-electron chi connectivity index (χ2n) is 4.63. The number of nitrogens with zero attached hydrogens (tertiary/aromatic N) is 2. The van der Waals surface area contributed by atoms with Crippen LogP contribution in [0.15, 0.2) is 12.3 Å². The van der Waals surface area contributed by atoms with Crippen molar-refractivity contribution in [3.05, 3.63) is 17.1 Å². The molecule has 1 aromatic rings. The lowest BCUT2D eigenvalue weighted by molar-refractivity contribution is 0.0766. The van der Waals surface area contributed by atoms with Gasteiger partial charge in [-0.3, -0.25) is 4.79 Å². The Morgan fingerprint density at radius 2 is 2.11 bits per heavy atom. The van der Waals surface area contributed by atoms with Crippen LogP contribution in [0.2, 0.25) is 0 Å². The molecule has 0 saturated carbocycles. The molecule has 3 heterocycles. The van der Waals surface area contributed by atoms with Gasteiger partial charge in [0.15, 0.2) is 0 Å². The molecule has 3 rings (SSSR count). The number of thioether (sulfide) groups is 2. The Balaban J connectivity index is 1.67. The molecule has 98 valence electrons. The van der Waals surface area contributed by atoms with Crippen molar-refractivity contribution in [2.75, 3.05) is 24.6 Å². The summed E-state index contributed by atoms with van der Waals surface area (Å²) in [7, 11) is 0. The number of rotatable bonds is 1. The summed E-state index contributed by atoms with van der Waals surface area (Å²) in [6, 6.07) is 1.83. The Kier molecular flexibility index (Phi) is 3.86. The van der Waals surface area contributed by atoms with E-state index < -0.39 is 0 Å². The summed E-state index contributed by atoms with van der Waals surface area (Å²) in [5, 5.41) is 0. The summed E-state index contributed by atoms with van der Waals surface area (Å²) < 4.78 is 4.42. The maximum Gasteiger partial charge on any atom is 0.265 e. The van der Waals surface area contributed by atoms with E-state index in [4.69, 9.17) is 0 Å². The summed E-state index contributed by atoms with van der Waals surface area (Å²) in [4.78, 5) is 15.1. The fraction of sp³-hybridized carbons (Fsp3) is 0.667. The lowest BCUT2D eigenvalue weighted by Gasteiger charge is -2.25. The number of aromatic nitrogens is 1. The van der Waals surface area contributed by atoms with Gasteiger partial charge >= 0.3 is 0 Å². The maximum absolute atomic E-state index is 12.3. The van der Waals surface area contributed by atoms with Crippen LogP contribution < -0.4 is 0 Å². The molecule has 0 radical (unpaired) electrons. The van der Waals surface area contributed by atoms with E-state index in [1.807, 2.05) is 11.0 Å². The van der Waals surface area contributed by atoms with Gasteiger partial charge in [0.2, 0.25) is 0 Å². The molecule has 0 N–H and O–H groups in total. The molecule has 2 saturated heterocycles. The predicted octanol–water partition coefficient (Wildman–Crippen LogP) is 2.95. The van der Waals surface area contributed by atoms with Crippen LogP contribution in [0.4, 0.5) is 0 Å². The molecule has 0 bridgehead atoms. The highest BCUT2D eigenvalue weighted by Gasteiger charge is 2.37. The Hall–Kier alpha value is -0.200. The molecular formula is C12H16N2OS3. The highest BCUT2D eigenvalue weighted by molar-refractivity contribution is 8.21. The van der Waals surface area contributed by atoms with Crippen molar-refractivity contribution in [2.45, 2.75) is 23.3 Å². The van der Waals surface area contributed by atoms with E-state index >= 15 is 0 Å². The van der Waals surface area contributed by atoms with Crippen molar-refractivity contribution in [1.82, 2.24) is 9.27 Å². The highest BCUT2D eigenvalue weighted by atomic mass is 32.2. The number of carbonyl (C=O) groups is 1. The highest BCUT2D eigenvalue weighted by Crippen LogP contribution is 2.50. The first-order valence-corrected chi connectivity index (χ1v) is 9.01. The lowest BCUT2D eigenvalue weighted by Crippen LogP contribution is -2.32. The second kappa shape index (κ2) is 5.43. The third kappa shape index (κ3) is 2.56. The maximum atomic E-state index is 12.3. The molecule has 1 amide bonds. The third-order valence-corrected chi connectivity index (χ3v) is 7.88. The van der Waals surface area contributed by atoms with E-state index in [2.05, 4.69) is 27.9 Å². The van der Waals surface area contributed by atoms with Gasteiger partial charge in [0.1, 0.15) is 4.88 Å². The van der Waals surface area contributed by atoms with Crippen LogP contribution >= 0.6 is 35.1 Å². The van der Waals surface area contributed by atoms with Crippen LogP contribution in [0, 0.1) is 0 Å².